The molecule has 13 heavy (non-hydrogen) atoms. The van der Waals surface area contributed by atoms with Crippen LogP contribution in [0.25, 0.3) is 0 Å². The predicted molar refractivity (Wildman–Crippen MR) is 44.5 cm³/mol. The van der Waals surface area contributed by atoms with Crippen molar-refractivity contribution in [1.29, 1.82) is 5.41 Å². The minimum absolute atomic E-state index is 0.0997. The lowest BCUT2D eigenvalue weighted by atomic mass is 10.0. The van der Waals surface area contributed by atoms with E-state index in [1.165, 1.54) is 6.42 Å². The van der Waals surface area contributed by atoms with Crippen LogP contribution < -0.4 is 20.6 Å². The highest BCUT2D eigenvalue weighted by Gasteiger charge is 2.32. The summed E-state index contributed by atoms with van der Waals surface area (Å²) in [5.41, 5.74) is 0.219. The molecule has 1 N–H and O–H groups in total. The summed E-state index contributed by atoms with van der Waals surface area (Å²) in [6.45, 7) is 5.32. The molecule has 0 spiro atoms. The number of nitrogens with one attached hydrogen (secondary N) is 1. The minimum atomic E-state index is 0.0997. The van der Waals surface area contributed by atoms with E-state index < -0.39 is 0 Å². The van der Waals surface area contributed by atoms with Gasteiger partial charge in [-0.3, -0.25) is 10.4 Å². The van der Waals surface area contributed by atoms with Gasteiger partial charge in [0.25, 0.3) is 11.8 Å². The molecule has 1 aromatic rings. The van der Waals surface area contributed by atoms with Crippen LogP contribution in [0.4, 0.5) is 0 Å². The number of aromatic nitrogens is 2. The third-order valence-corrected chi connectivity index (χ3v) is 2.56. The summed E-state index contributed by atoms with van der Waals surface area (Å²) in [5.74, 6) is 0. The molecule has 1 aromatic heterocycles. The van der Waals surface area contributed by atoms with Gasteiger partial charge < -0.3 is 4.52 Å². The van der Waals surface area contributed by atoms with E-state index in [0.717, 1.165) is 13.0 Å². The molecule has 1 aliphatic heterocycles. The van der Waals surface area contributed by atoms with Crippen LogP contribution in [0.1, 0.15) is 26.7 Å². The van der Waals surface area contributed by atoms with Crippen molar-refractivity contribution < 1.29 is 9.31 Å². The lowest BCUT2D eigenvalue weighted by Crippen LogP contribution is -2.65. The van der Waals surface area contributed by atoms with E-state index in [9.17, 15) is 0 Å². The van der Waals surface area contributed by atoms with Gasteiger partial charge in [-0.25, -0.2) is 0 Å². The fourth-order valence-corrected chi connectivity index (χ4v) is 1.82. The molecule has 0 amide bonds. The molecule has 0 radical (unpaired) electrons. The van der Waals surface area contributed by atoms with Crippen LogP contribution in [0.5, 0.6) is 0 Å². The van der Waals surface area contributed by atoms with E-state index in [-0.39, 0.29) is 11.1 Å². The van der Waals surface area contributed by atoms with Crippen molar-refractivity contribution in [3.05, 3.63) is 11.8 Å². The van der Waals surface area contributed by atoms with Gasteiger partial charge in [0.1, 0.15) is 0 Å². The summed E-state index contributed by atoms with van der Waals surface area (Å²) < 4.78 is 4.71. The molecule has 2 heterocycles. The van der Waals surface area contributed by atoms with Crippen LogP contribution in [-0.2, 0) is 0 Å². The molecule has 5 nitrogen and oxygen atoms in total. The molecule has 0 aromatic carbocycles. The van der Waals surface area contributed by atoms with E-state index in [4.69, 9.17) is 9.93 Å². The van der Waals surface area contributed by atoms with Gasteiger partial charge in [-0.05, 0) is 18.1 Å². The van der Waals surface area contributed by atoms with Gasteiger partial charge in [-0.1, -0.05) is 18.6 Å². The zero-order valence-corrected chi connectivity index (χ0v) is 7.95. The largest absolute Gasteiger partial charge is 0.380 e. The summed E-state index contributed by atoms with van der Waals surface area (Å²) >= 11 is 0. The zero-order chi connectivity index (χ0) is 9.47. The SMILES string of the molecule is CC1(C)CCCN1[n+]1cc(=N)o[n-]1. The molecule has 0 bridgehead atoms. The van der Waals surface area contributed by atoms with Crippen LogP contribution in [0.2, 0.25) is 0 Å². The second-order valence-corrected chi connectivity index (χ2v) is 4.03. The fraction of sp³-hybridized carbons (Fsp3) is 0.750. The fourth-order valence-electron chi connectivity index (χ4n) is 1.82. The van der Waals surface area contributed by atoms with Gasteiger partial charge >= 0.3 is 0 Å². The van der Waals surface area contributed by atoms with Crippen molar-refractivity contribution in [1.82, 2.24) is 5.27 Å². The first-order valence-corrected chi connectivity index (χ1v) is 4.48. The highest BCUT2D eigenvalue weighted by atomic mass is 16.5. The summed E-state index contributed by atoms with van der Waals surface area (Å²) in [6.07, 6.45) is 3.91. The Kier molecular flexibility index (Phi) is 1.68. The monoisotopic (exact) mass is 182 g/mol. The van der Waals surface area contributed by atoms with Crippen molar-refractivity contribution >= 4 is 0 Å². The first-order valence-electron chi connectivity index (χ1n) is 4.48. The third kappa shape index (κ3) is 1.34. The maximum atomic E-state index is 7.23. The maximum Gasteiger partial charge on any atom is 0.286 e. The summed E-state index contributed by atoms with van der Waals surface area (Å²) in [4.78, 5) is 1.63. The van der Waals surface area contributed by atoms with Crippen molar-refractivity contribution in [2.45, 2.75) is 32.2 Å². The zero-order valence-electron chi connectivity index (χ0n) is 7.95. The molecular weight excluding hydrogens is 168 g/mol. The van der Waals surface area contributed by atoms with Gasteiger partial charge in [-0.2, -0.15) is 0 Å². The topological polar surface area (TPSA) is 58.2 Å². The van der Waals surface area contributed by atoms with E-state index in [1.807, 2.05) is 0 Å². The number of hydrogen-bond donors (Lipinski definition) is 1. The van der Waals surface area contributed by atoms with Gasteiger partial charge in [0.15, 0.2) is 0 Å². The second kappa shape index (κ2) is 2.61. The molecule has 0 saturated carbocycles. The Labute approximate surface area is 76.4 Å². The molecule has 0 atom stereocenters. The standard InChI is InChI=1S/C8H14N4O/c1-8(2)4-3-5-11(8)12-6-7(9)13-10-12/h6,9H,3-5H2,1-2H3. The lowest BCUT2D eigenvalue weighted by Gasteiger charge is -2.31. The van der Waals surface area contributed by atoms with E-state index in [0.29, 0.717) is 0 Å². The Morgan fingerprint density at radius 2 is 2.46 bits per heavy atom. The van der Waals surface area contributed by atoms with E-state index >= 15 is 0 Å². The van der Waals surface area contributed by atoms with Crippen molar-refractivity contribution in [3.8, 4) is 0 Å². The van der Waals surface area contributed by atoms with Crippen LogP contribution in [0, 0.1) is 5.41 Å². The molecule has 1 fully saturated rings. The first kappa shape index (κ1) is 8.34. The Bertz CT molecular complexity index is 351. The molecule has 1 aliphatic rings. The normalized spacial score (nSPS) is 20.9. The quantitative estimate of drug-likeness (QED) is 0.596. The number of hydrogen-bond acceptors (Lipinski definition) is 3. The maximum absolute atomic E-state index is 7.23. The Morgan fingerprint density at radius 3 is 2.92 bits per heavy atom. The average Bonchev–Trinajstić information content (AvgIpc) is 2.56. The average molecular weight is 182 g/mol. The van der Waals surface area contributed by atoms with Crippen molar-refractivity contribution in [3.63, 3.8) is 0 Å². The van der Waals surface area contributed by atoms with E-state index in [1.54, 1.807) is 11.0 Å². The molecule has 0 unspecified atom stereocenters. The predicted octanol–water partition coefficient (Wildman–Crippen LogP) is -0.486. The summed E-state index contributed by atoms with van der Waals surface area (Å²) in [6, 6.07) is 0. The minimum Gasteiger partial charge on any atom is -0.380 e. The number of nitrogens with zero attached hydrogens (tertiary/aromatic N) is 3. The van der Waals surface area contributed by atoms with Crippen LogP contribution in [0.3, 0.4) is 0 Å². The van der Waals surface area contributed by atoms with Crippen LogP contribution >= 0.6 is 0 Å². The van der Waals surface area contributed by atoms with Crippen molar-refractivity contribution in [2.75, 3.05) is 11.6 Å². The molecule has 72 valence electrons. The summed E-state index contributed by atoms with van der Waals surface area (Å²) in [5, 5.41) is 13.1. The van der Waals surface area contributed by atoms with Gasteiger partial charge in [0.05, 0.1) is 0 Å². The van der Waals surface area contributed by atoms with Gasteiger partial charge in [-0.15, -0.1) is 0 Å². The number of rotatable bonds is 1. The van der Waals surface area contributed by atoms with Crippen LogP contribution in [-0.4, -0.2) is 12.1 Å². The van der Waals surface area contributed by atoms with Crippen LogP contribution in [0.15, 0.2) is 10.7 Å². The van der Waals surface area contributed by atoms with Gasteiger partial charge in [0.2, 0.25) is 0 Å². The Balaban J connectivity index is 2.31. The molecule has 1 saturated heterocycles. The highest BCUT2D eigenvalue weighted by Crippen LogP contribution is 2.23. The Hall–Kier alpha value is -1.26. The summed E-state index contributed by atoms with van der Waals surface area (Å²) in [7, 11) is 0. The smallest absolute Gasteiger partial charge is 0.286 e. The molecule has 2 rings (SSSR count). The van der Waals surface area contributed by atoms with E-state index in [2.05, 4.69) is 24.1 Å². The third-order valence-electron chi connectivity index (χ3n) is 2.56. The lowest BCUT2D eigenvalue weighted by molar-refractivity contribution is -0.768. The molecule has 0 aliphatic carbocycles. The molecular formula is C8H14N4O. The van der Waals surface area contributed by atoms with Crippen molar-refractivity contribution in [2.24, 2.45) is 0 Å². The first-order chi connectivity index (χ1) is 6.09. The highest BCUT2D eigenvalue weighted by molar-refractivity contribution is 4.98. The second-order valence-electron chi connectivity index (χ2n) is 4.03. The van der Waals surface area contributed by atoms with Gasteiger partial charge in [0, 0.05) is 12.1 Å². The Morgan fingerprint density at radius 1 is 1.69 bits per heavy atom. The molecule has 5 heteroatoms.